The minimum atomic E-state index is 0.558. The second-order valence-electron chi connectivity index (χ2n) is 4.14. The Hall–Kier alpha value is -0.800. The number of thiophene rings is 1. The average molecular weight is 294 g/mol. The maximum atomic E-state index is 3.58. The van der Waals surface area contributed by atoms with Gasteiger partial charge in [0, 0.05) is 32.9 Å². The molecule has 1 N–H and O–H groups in total. The SMILES string of the molecule is Brc1csc(CC2Cc3ccccc3N2)c1. The van der Waals surface area contributed by atoms with Crippen molar-refractivity contribution in [3.05, 3.63) is 50.6 Å². The summed E-state index contributed by atoms with van der Waals surface area (Å²) in [5.74, 6) is 0. The zero-order valence-electron chi connectivity index (χ0n) is 8.74. The van der Waals surface area contributed by atoms with Gasteiger partial charge in [0.1, 0.15) is 0 Å². The molecule has 0 radical (unpaired) electrons. The summed E-state index contributed by atoms with van der Waals surface area (Å²) in [5.41, 5.74) is 2.76. The van der Waals surface area contributed by atoms with Crippen molar-refractivity contribution in [1.82, 2.24) is 0 Å². The molecule has 3 rings (SSSR count). The summed E-state index contributed by atoms with van der Waals surface area (Å²) in [6.45, 7) is 0. The predicted octanol–water partition coefficient (Wildman–Crippen LogP) is 4.09. The van der Waals surface area contributed by atoms with E-state index in [1.807, 2.05) is 11.3 Å². The van der Waals surface area contributed by atoms with Gasteiger partial charge in [-0.15, -0.1) is 11.3 Å². The minimum Gasteiger partial charge on any atom is -0.381 e. The third-order valence-electron chi connectivity index (χ3n) is 2.91. The van der Waals surface area contributed by atoms with E-state index in [0.717, 1.165) is 12.8 Å². The lowest BCUT2D eigenvalue weighted by Crippen LogP contribution is -2.17. The molecule has 16 heavy (non-hydrogen) atoms. The first-order valence-electron chi connectivity index (χ1n) is 5.38. The van der Waals surface area contributed by atoms with Gasteiger partial charge in [0.25, 0.3) is 0 Å². The third kappa shape index (κ3) is 2.02. The van der Waals surface area contributed by atoms with E-state index in [1.165, 1.54) is 20.6 Å². The van der Waals surface area contributed by atoms with Crippen molar-refractivity contribution in [3.8, 4) is 0 Å². The quantitative estimate of drug-likeness (QED) is 0.879. The van der Waals surface area contributed by atoms with E-state index in [9.17, 15) is 0 Å². The number of anilines is 1. The van der Waals surface area contributed by atoms with Crippen LogP contribution in [0.25, 0.3) is 0 Å². The fourth-order valence-electron chi connectivity index (χ4n) is 2.20. The van der Waals surface area contributed by atoms with Crippen molar-refractivity contribution in [1.29, 1.82) is 0 Å². The monoisotopic (exact) mass is 293 g/mol. The maximum Gasteiger partial charge on any atom is 0.0375 e. The van der Waals surface area contributed by atoms with Crippen LogP contribution >= 0.6 is 27.3 Å². The molecule has 0 bridgehead atoms. The summed E-state index contributed by atoms with van der Waals surface area (Å²) < 4.78 is 1.20. The minimum absolute atomic E-state index is 0.558. The fourth-order valence-corrected chi connectivity index (χ4v) is 3.74. The van der Waals surface area contributed by atoms with Crippen LogP contribution in [0.4, 0.5) is 5.69 Å². The molecule has 0 spiro atoms. The van der Waals surface area contributed by atoms with Crippen molar-refractivity contribution in [3.63, 3.8) is 0 Å². The highest BCUT2D eigenvalue weighted by molar-refractivity contribution is 9.10. The second kappa shape index (κ2) is 4.22. The third-order valence-corrected chi connectivity index (χ3v) is 4.63. The van der Waals surface area contributed by atoms with E-state index in [-0.39, 0.29) is 0 Å². The van der Waals surface area contributed by atoms with Crippen molar-refractivity contribution in [2.45, 2.75) is 18.9 Å². The van der Waals surface area contributed by atoms with E-state index in [1.54, 1.807) is 0 Å². The zero-order valence-corrected chi connectivity index (χ0v) is 11.1. The molecule has 1 atom stereocenters. The molecule has 2 heterocycles. The molecule has 1 aromatic carbocycles. The van der Waals surface area contributed by atoms with Crippen LogP contribution in [-0.4, -0.2) is 6.04 Å². The van der Waals surface area contributed by atoms with Crippen LogP contribution in [0.5, 0.6) is 0 Å². The van der Waals surface area contributed by atoms with Crippen molar-refractivity contribution in [2.24, 2.45) is 0 Å². The summed E-state index contributed by atoms with van der Waals surface area (Å²) in [5, 5.41) is 5.73. The van der Waals surface area contributed by atoms with Gasteiger partial charge >= 0.3 is 0 Å². The molecule has 0 amide bonds. The number of hydrogen-bond donors (Lipinski definition) is 1. The summed E-state index contributed by atoms with van der Waals surface area (Å²) in [6, 6.07) is 11.4. The molecular weight excluding hydrogens is 282 g/mol. The summed E-state index contributed by atoms with van der Waals surface area (Å²) in [6.07, 6.45) is 2.26. The molecule has 2 aromatic rings. The zero-order chi connectivity index (χ0) is 11.0. The maximum absolute atomic E-state index is 3.58. The molecule has 1 nitrogen and oxygen atoms in total. The molecule has 1 unspecified atom stereocenters. The highest BCUT2D eigenvalue weighted by Crippen LogP contribution is 2.29. The molecular formula is C13H12BrNS. The first-order chi connectivity index (χ1) is 7.81. The van der Waals surface area contributed by atoms with Crippen molar-refractivity contribution in [2.75, 3.05) is 5.32 Å². The number of fused-ring (bicyclic) bond motifs is 1. The Bertz CT molecular complexity index is 481. The molecule has 1 aliphatic rings. The van der Waals surface area contributed by atoms with Crippen LogP contribution in [-0.2, 0) is 12.8 Å². The van der Waals surface area contributed by atoms with Crippen LogP contribution < -0.4 is 5.32 Å². The van der Waals surface area contributed by atoms with Crippen LogP contribution in [0.2, 0.25) is 0 Å². The van der Waals surface area contributed by atoms with E-state index in [4.69, 9.17) is 0 Å². The first kappa shape index (κ1) is 10.4. The van der Waals surface area contributed by atoms with Gasteiger partial charge in [-0.05, 0) is 40.0 Å². The number of benzene rings is 1. The lowest BCUT2D eigenvalue weighted by molar-refractivity contribution is 0.754. The molecule has 0 saturated heterocycles. The number of hydrogen-bond acceptors (Lipinski definition) is 2. The van der Waals surface area contributed by atoms with Gasteiger partial charge in [-0.1, -0.05) is 18.2 Å². The first-order valence-corrected chi connectivity index (χ1v) is 7.06. The lowest BCUT2D eigenvalue weighted by atomic mass is 10.1. The number of rotatable bonds is 2. The average Bonchev–Trinajstić information content (AvgIpc) is 2.84. The Morgan fingerprint density at radius 3 is 3.00 bits per heavy atom. The molecule has 0 aliphatic carbocycles. The van der Waals surface area contributed by atoms with E-state index >= 15 is 0 Å². The van der Waals surface area contributed by atoms with Crippen LogP contribution in [0.1, 0.15) is 10.4 Å². The van der Waals surface area contributed by atoms with Crippen LogP contribution in [0.15, 0.2) is 40.2 Å². The van der Waals surface area contributed by atoms with Crippen molar-refractivity contribution < 1.29 is 0 Å². The highest BCUT2D eigenvalue weighted by atomic mass is 79.9. The Morgan fingerprint density at radius 2 is 2.25 bits per heavy atom. The Balaban J connectivity index is 1.72. The molecule has 0 fully saturated rings. The van der Waals surface area contributed by atoms with E-state index in [0.29, 0.717) is 6.04 Å². The van der Waals surface area contributed by atoms with E-state index < -0.39 is 0 Å². The fraction of sp³-hybridized carbons (Fsp3) is 0.231. The van der Waals surface area contributed by atoms with Crippen LogP contribution in [0.3, 0.4) is 0 Å². The molecule has 82 valence electrons. The van der Waals surface area contributed by atoms with Gasteiger partial charge in [0.05, 0.1) is 0 Å². The second-order valence-corrected chi connectivity index (χ2v) is 6.05. The van der Waals surface area contributed by atoms with Gasteiger partial charge in [-0.3, -0.25) is 0 Å². The van der Waals surface area contributed by atoms with Gasteiger partial charge in [-0.2, -0.15) is 0 Å². The molecule has 0 saturated carbocycles. The summed E-state index contributed by atoms with van der Waals surface area (Å²) in [7, 11) is 0. The standard InChI is InChI=1S/C13H12BrNS/c14-10-6-12(16-8-10)7-11-5-9-3-1-2-4-13(9)15-11/h1-4,6,8,11,15H,5,7H2. The Labute approximate surface area is 108 Å². The largest absolute Gasteiger partial charge is 0.381 e. The van der Waals surface area contributed by atoms with Crippen LogP contribution in [0, 0.1) is 0 Å². The van der Waals surface area contributed by atoms with E-state index in [2.05, 4.69) is 57.0 Å². The number of nitrogens with one attached hydrogen (secondary N) is 1. The molecule has 1 aromatic heterocycles. The number of halogens is 1. The summed E-state index contributed by atoms with van der Waals surface area (Å²) >= 11 is 5.33. The van der Waals surface area contributed by atoms with Crippen molar-refractivity contribution >= 4 is 33.0 Å². The predicted molar refractivity (Wildman–Crippen MR) is 73.3 cm³/mol. The van der Waals surface area contributed by atoms with Gasteiger partial charge in [-0.25, -0.2) is 0 Å². The molecule has 3 heteroatoms. The van der Waals surface area contributed by atoms with Gasteiger partial charge < -0.3 is 5.32 Å². The lowest BCUT2D eigenvalue weighted by Gasteiger charge is -2.09. The normalized spacial score (nSPS) is 18.2. The smallest absolute Gasteiger partial charge is 0.0375 e. The number of para-hydroxylation sites is 1. The summed E-state index contributed by atoms with van der Waals surface area (Å²) in [4.78, 5) is 1.44. The highest BCUT2D eigenvalue weighted by Gasteiger charge is 2.20. The van der Waals surface area contributed by atoms with Gasteiger partial charge in [0.15, 0.2) is 0 Å². The molecule has 1 aliphatic heterocycles. The van der Waals surface area contributed by atoms with Gasteiger partial charge in [0.2, 0.25) is 0 Å². The Morgan fingerprint density at radius 1 is 1.38 bits per heavy atom. The Kier molecular flexibility index (Phi) is 2.74. The topological polar surface area (TPSA) is 12.0 Å².